The molecule has 0 unspecified atom stereocenters. The van der Waals surface area contributed by atoms with Crippen molar-refractivity contribution in [1.82, 2.24) is 14.9 Å². The van der Waals surface area contributed by atoms with E-state index in [-0.39, 0.29) is 11.6 Å². The molecular formula is C21H20N4O2S. The van der Waals surface area contributed by atoms with Crippen LogP contribution in [-0.2, 0) is 6.54 Å². The highest BCUT2D eigenvalue weighted by atomic mass is 32.1. The van der Waals surface area contributed by atoms with Crippen LogP contribution in [0.2, 0.25) is 0 Å². The van der Waals surface area contributed by atoms with E-state index in [9.17, 15) is 4.79 Å². The van der Waals surface area contributed by atoms with Crippen LogP contribution in [-0.4, -0.2) is 20.8 Å². The molecule has 4 aromatic rings. The number of nitrogens with zero attached hydrogens (tertiary/aromatic N) is 3. The molecule has 7 heteroatoms. The second kappa shape index (κ2) is 7.44. The van der Waals surface area contributed by atoms with Gasteiger partial charge in [-0.05, 0) is 37.8 Å². The number of amides is 1. The van der Waals surface area contributed by atoms with E-state index in [1.165, 1.54) is 16.9 Å². The highest BCUT2D eigenvalue weighted by Crippen LogP contribution is 2.26. The first kappa shape index (κ1) is 18.2. The summed E-state index contributed by atoms with van der Waals surface area (Å²) in [6.07, 6.45) is 0. The van der Waals surface area contributed by atoms with E-state index in [2.05, 4.69) is 46.8 Å². The predicted octanol–water partition coefficient (Wildman–Crippen LogP) is 4.83. The minimum atomic E-state index is -0.312. The van der Waals surface area contributed by atoms with Gasteiger partial charge in [-0.1, -0.05) is 41.1 Å². The molecule has 0 bridgehead atoms. The van der Waals surface area contributed by atoms with Gasteiger partial charge in [0.1, 0.15) is 0 Å². The highest BCUT2D eigenvalue weighted by Gasteiger charge is 2.19. The lowest BCUT2D eigenvalue weighted by Gasteiger charge is -2.07. The molecule has 0 aliphatic rings. The number of hydrogen-bond donors (Lipinski definition) is 1. The van der Waals surface area contributed by atoms with E-state index in [0.717, 1.165) is 21.8 Å². The zero-order valence-electron chi connectivity index (χ0n) is 15.9. The Bertz CT molecular complexity index is 1110. The maximum Gasteiger partial charge on any atom is 0.277 e. The molecule has 0 fully saturated rings. The average molecular weight is 392 g/mol. The van der Waals surface area contributed by atoms with Crippen LogP contribution in [0, 0.1) is 20.8 Å². The normalized spacial score (nSPS) is 11.0. The van der Waals surface area contributed by atoms with E-state index in [0.29, 0.717) is 18.0 Å². The second-order valence-electron chi connectivity index (χ2n) is 6.70. The molecular weight excluding hydrogens is 372 g/mol. The van der Waals surface area contributed by atoms with Gasteiger partial charge < -0.3 is 9.84 Å². The molecule has 0 saturated heterocycles. The quantitative estimate of drug-likeness (QED) is 0.528. The average Bonchev–Trinajstić information content (AvgIpc) is 3.41. The summed E-state index contributed by atoms with van der Waals surface area (Å²) in [5, 5.41) is 13.4. The standard InChI is InChI=1S/C21H20N4O2S/c1-13-6-8-16(9-7-13)12-25-15(3)20(14(2)23-25)22-21(26)17-11-18(27-24-17)19-5-4-10-28-19/h4-11H,12H2,1-3H3,(H,22,26). The Morgan fingerprint density at radius 3 is 2.68 bits per heavy atom. The van der Waals surface area contributed by atoms with E-state index in [4.69, 9.17) is 4.52 Å². The predicted molar refractivity (Wildman–Crippen MR) is 110 cm³/mol. The largest absolute Gasteiger partial charge is 0.355 e. The van der Waals surface area contributed by atoms with Gasteiger partial charge in [-0.2, -0.15) is 5.10 Å². The van der Waals surface area contributed by atoms with Crippen LogP contribution in [0.25, 0.3) is 10.6 Å². The van der Waals surface area contributed by atoms with Gasteiger partial charge in [0.05, 0.1) is 28.5 Å². The van der Waals surface area contributed by atoms with Gasteiger partial charge in [-0.25, -0.2) is 0 Å². The summed E-state index contributed by atoms with van der Waals surface area (Å²) >= 11 is 1.54. The smallest absolute Gasteiger partial charge is 0.277 e. The molecule has 0 spiro atoms. The minimum Gasteiger partial charge on any atom is -0.355 e. The summed E-state index contributed by atoms with van der Waals surface area (Å²) in [7, 11) is 0. The van der Waals surface area contributed by atoms with Gasteiger partial charge in [0.15, 0.2) is 11.5 Å². The molecule has 0 aliphatic carbocycles. The molecule has 142 valence electrons. The van der Waals surface area contributed by atoms with E-state index < -0.39 is 0 Å². The topological polar surface area (TPSA) is 73.0 Å². The van der Waals surface area contributed by atoms with Crippen molar-refractivity contribution in [3.63, 3.8) is 0 Å². The molecule has 1 amide bonds. The number of aryl methyl sites for hydroxylation is 2. The first-order valence-corrected chi connectivity index (χ1v) is 9.80. The summed E-state index contributed by atoms with van der Waals surface area (Å²) in [6, 6.07) is 13.9. The fourth-order valence-electron chi connectivity index (χ4n) is 2.99. The van der Waals surface area contributed by atoms with Crippen LogP contribution in [0.3, 0.4) is 0 Å². The maximum atomic E-state index is 12.6. The molecule has 4 rings (SSSR count). The SMILES string of the molecule is Cc1ccc(Cn2nc(C)c(NC(=O)c3cc(-c4cccs4)on3)c2C)cc1. The summed E-state index contributed by atoms with van der Waals surface area (Å²) < 4.78 is 7.20. The fourth-order valence-corrected chi connectivity index (χ4v) is 3.67. The fraction of sp³-hybridized carbons (Fsp3) is 0.190. The number of thiophene rings is 1. The van der Waals surface area contributed by atoms with Crippen molar-refractivity contribution in [3.05, 3.63) is 76.1 Å². The monoisotopic (exact) mass is 392 g/mol. The lowest BCUT2D eigenvalue weighted by atomic mass is 10.1. The highest BCUT2D eigenvalue weighted by molar-refractivity contribution is 7.13. The van der Waals surface area contributed by atoms with Crippen LogP contribution >= 0.6 is 11.3 Å². The summed E-state index contributed by atoms with van der Waals surface area (Å²) in [5.41, 5.74) is 4.99. The molecule has 3 heterocycles. The number of carbonyl (C=O) groups excluding carboxylic acids is 1. The van der Waals surface area contributed by atoms with Crippen molar-refractivity contribution in [1.29, 1.82) is 0 Å². The number of benzene rings is 1. The van der Waals surface area contributed by atoms with Crippen molar-refractivity contribution in [2.75, 3.05) is 5.32 Å². The second-order valence-corrected chi connectivity index (χ2v) is 7.64. The maximum absolute atomic E-state index is 12.6. The molecule has 3 aromatic heterocycles. The number of rotatable bonds is 5. The van der Waals surface area contributed by atoms with Gasteiger partial charge in [0.25, 0.3) is 5.91 Å². The van der Waals surface area contributed by atoms with Crippen LogP contribution in [0.15, 0.2) is 52.4 Å². The summed E-state index contributed by atoms with van der Waals surface area (Å²) in [6.45, 7) is 6.54. The van der Waals surface area contributed by atoms with E-state index in [1.807, 2.05) is 36.0 Å². The van der Waals surface area contributed by atoms with Crippen LogP contribution in [0.5, 0.6) is 0 Å². The molecule has 1 N–H and O–H groups in total. The van der Waals surface area contributed by atoms with Crippen LogP contribution in [0.4, 0.5) is 5.69 Å². The van der Waals surface area contributed by atoms with Gasteiger partial charge in [-0.15, -0.1) is 11.3 Å². The van der Waals surface area contributed by atoms with Gasteiger partial charge in [-0.3, -0.25) is 9.48 Å². The molecule has 1 aromatic carbocycles. The minimum absolute atomic E-state index is 0.244. The Labute approximate surface area is 166 Å². The van der Waals surface area contributed by atoms with Crippen molar-refractivity contribution < 1.29 is 9.32 Å². The lowest BCUT2D eigenvalue weighted by Crippen LogP contribution is -2.13. The molecule has 0 atom stereocenters. The molecule has 6 nitrogen and oxygen atoms in total. The van der Waals surface area contributed by atoms with Gasteiger partial charge >= 0.3 is 0 Å². The van der Waals surface area contributed by atoms with Crippen molar-refractivity contribution >= 4 is 22.9 Å². The van der Waals surface area contributed by atoms with E-state index >= 15 is 0 Å². The number of nitrogens with one attached hydrogen (secondary N) is 1. The zero-order valence-corrected chi connectivity index (χ0v) is 16.7. The Morgan fingerprint density at radius 1 is 1.18 bits per heavy atom. The first-order valence-electron chi connectivity index (χ1n) is 8.93. The molecule has 0 saturated carbocycles. The lowest BCUT2D eigenvalue weighted by molar-refractivity contribution is 0.101. The summed E-state index contributed by atoms with van der Waals surface area (Å²) in [5.74, 6) is 0.274. The number of carbonyl (C=O) groups is 1. The molecule has 28 heavy (non-hydrogen) atoms. The Hall–Kier alpha value is -3.19. The Kier molecular flexibility index (Phi) is 4.83. The van der Waals surface area contributed by atoms with Crippen LogP contribution < -0.4 is 5.32 Å². The van der Waals surface area contributed by atoms with Crippen LogP contribution in [0.1, 0.15) is 33.0 Å². The number of hydrogen-bond acceptors (Lipinski definition) is 5. The zero-order chi connectivity index (χ0) is 19.7. The third kappa shape index (κ3) is 3.61. The van der Waals surface area contributed by atoms with Gasteiger partial charge in [0, 0.05) is 6.07 Å². The van der Waals surface area contributed by atoms with Gasteiger partial charge in [0.2, 0.25) is 0 Å². The number of anilines is 1. The Balaban J connectivity index is 1.52. The third-order valence-corrected chi connectivity index (χ3v) is 5.46. The molecule has 0 radical (unpaired) electrons. The first-order chi connectivity index (χ1) is 13.5. The molecule has 0 aliphatic heterocycles. The van der Waals surface area contributed by atoms with Crippen molar-refractivity contribution in [2.45, 2.75) is 27.3 Å². The summed E-state index contributed by atoms with van der Waals surface area (Å²) in [4.78, 5) is 13.6. The third-order valence-electron chi connectivity index (χ3n) is 4.58. The van der Waals surface area contributed by atoms with Crippen molar-refractivity contribution in [2.24, 2.45) is 0 Å². The Morgan fingerprint density at radius 2 is 1.96 bits per heavy atom. The number of aromatic nitrogens is 3. The van der Waals surface area contributed by atoms with Crippen molar-refractivity contribution in [3.8, 4) is 10.6 Å². The van der Waals surface area contributed by atoms with E-state index in [1.54, 1.807) is 6.07 Å².